The van der Waals surface area contributed by atoms with Crippen LogP contribution in [0.1, 0.15) is 33.6 Å². The van der Waals surface area contributed by atoms with Gasteiger partial charge in [0.15, 0.2) is 0 Å². The van der Waals surface area contributed by atoms with Gasteiger partial charge in [0.1, 0.15) is 11.7 Å². The van der Waals surface area contributed by atoms with Crippen molar-refractivity contribution in [2.75, 3.05) is 156 Å². The van der Waals surface area contributed by atoms with E-state index in [1.807, 2.05) is 0 Å². The van der Waals surface area contributed by atoms with Gasteiger partial charge in [-0.15, -0.1) is 0 Å². The van der Waals surface area contributed by atoms with Crippen LogP contribution in [0.2, 0.25) is 0 Å². The smallest absolute Gasteiger partial charge is 0.299 e. The zero-order valence-electron chi connectivity index (χ0n) is 36.2. The number of hydrogen-bond acceptors (Lipinski definition) is 20. The minimum absolute atomic E-state index is 0.0547. The number of carbonyl (C=O) groups excluding carboxylic acids is 4. The molecule has 0 radical (unpaired) electrons. The van der Waals surface area contributed by atoms with Gasteiger partial charge in [0.2, 0.25) is 11.8 Å². The number of nitrogens with one attached hydrogen (secondary N) is 3. The number of fused-ring (bicyclic) bond motifs is 1. The Morgan fingerprint density at radius 2 is 0.985 bits per heavy atom. The summed E-state index contributed by atoms with van der Waals surface area (Å²) in [6.45, 7) is 8.44. The molecule has 0 aromatic heterocycles. The number of nitro benzene ring substituents is 2. The first-order chi connectivity index (χ1) is 31.7. The van der Waals surface area contributed by atoms with Gasteiger partial charge in [-0.1, -0.05) is 6.07 Å². The van der Waals surface area contributed by atoms with Gasteiger partial charge in [0.25, 0.3) is 23.2 Å². The monoisotopic (exact) mass is 922 g/mol. The Labute approximate surface area is 375 Å². The van der Waals surface area contributed by atoms with Gasteiger partial charge in [-0.2, -0.15) is 0 Å². The molecule has 2 aromatic carbocycles. The van der Waals surface area contributed by atoms with Crippen LogP contribution in [-0.4, -0.2) is 190 Å². The van der Waals surface area contributed by atoms with E-state index >= 15 is 0 Å². The zero-order chi connectivity index (χ0) is 46.5. The number of hydrogen-bond donors (Lipinski definition) is 3. The molecular formula is C41H58N6O18. The average Bonchev–Trinajstić information content (AvgIpc) is 3.54. The highest BCUT2D eigenvalue weighted by Crippen LogP contribution is 2.32. The summed E-state index contributed by atoms with van der Waals surface area (Å²) in [7, 11) is 0. The van der Waals surface area contributed by atoms with E-state index in [4.69, 9.17) is 47.4 Å². The quantitative estimate of drug-likeness (QED) is 0.0373. The standard InChI is InChI=1S/C41H58N6O18/c48-37-7-6-35(39(49)44-37)45-40(50)32-2-1-3-34(38(32)41(45)51)43-9-11-57-13-15-59-17-19-61-21-23-63-25-27-65-29-28-64-26-24-62-22-20-60-18-16-58-14-12-56-10-8-42-33-5-4-31(46(52)53)30-36(33)47(54)55/h1-5,30,35,42-43H,6-29H2,(H,44,48,49). The van der Waals surface area contributed by atoms with Crippen molar-refractivity contribution >= 4 is 46.4 Å². The van der Waals surface area contributed by atoms with Gasteiger partial charge in [-0.3, -0.25) is 49.6 Å². The molecule has 4 rings (SSSR count). The van der Waals surface area contributed by atoms with Crippen LogP contribution < -0.4 is 16.0 Å². The second kappa shape index (κ2) is 30.8. The van der Waals surface area contributed by atoms with Crippen molar-refractivity contribution in [3.63, 3.8) is 0 Å². The number of nitro groups is 2. The Balaban J connectivity index is 0.820. The molecule has 0 aliphatic carbocycles. The van der Waals surface area contributed by atoms with Crippen LogP contribution in [0, 0.1) is 20.2 Å². The first kappa shape index (κ1) is 52.3. The summed E-state index contributed by atoms with van der Waals surface area (Å²) in [6, 6.07) is 7.26. The summed E-state index contributed by atoms with van der Waals surface area (Å²) in [5.74, 6) is -2.21. The van der Waals surface area contributed by atoms with Gasteiger partial charge in [0, 0.05) is 31.3 Å². The molecule has 24 nitrogen and oxygen atoms in total. The SMILES string of the molecule is O=C1CCC(N2C(=O)c3cccc(NCCOCCOCCOCCOCCOCCOCCOCCOCCOCCOCCNc4ccc([N+](=O)[O-])cc4[N+](=O)[O-])c3C2=O)C(=O)N1. The number of non-ortho nitro benzene ring substituents is 1. The van der Waals surface area contributed by atoms with Crippen molar-refractivity contribution in [2.45, 2.75) is 18.9 Å². The molecule has 4 amide bonds. The molecule has 0 spiro atoms. The number of benzene rings is 2. The van der Waals surface area contributed by atoms with Gasteiger partial charge in [-0.05, 0) is 24.6 Å². The van der Waals surface area contributed by atoms with Crippen LogP contribution in [0.4, 0.5) is 22.7 Å². The summed E-state index contributed by atoms with van der Waals surface area (Å²) in [6.07, 6.45) is 0.147. The summed E-state index contributed by atoms with van der Waals surface area (Å²) in [4.78, 5) is 71.6. The first-order valence-electron chi connectivity index (χ1n) is 21.2. The third-order valence-electron chi connectivity index (χ3n) is 9.33. The maximum atomic E-state index is 13.2. The summed E-state index contributed by atoms with van der Waals surface area (Å²) in [5, 5.41) is 30.2. The van der Waals surface area contributed by atoms with Crippen molar-refractivity contribution in [3.8, 4) is 0 Å². The van der Waals surface area contributed by atoms with Gasteiger partial charge in [-0.25, -0.2) is 0 Å². The molecule has 65 heavy (non-hydrogen) atoms. The molecule has 2 aromatic rings. The summed E-state index contributed by atoms with van der Waals surface area (Å²) in [5.41, 5.74) is 0.308. The highest BCUT2D eigenvalue weighted by Gasteiger charge is 2.45. The number of rotatable bonds is 38. The molecule has 3 N–H and O–H groups in total. The minimum Gasteiger partial charge on any atom is -0.382 e. The van der Waals surface area contributed by atoms with Crippen LogP contribution >= 0.6 is 0 Å². The maximum absolute atomic E-state index is 13.2. The van der Waals surface area contributed by atoms with Crippen LogP contribution in [-0.2, 0) is 57.0 Å². The second-order valence-corrected chi connectivity index (χ2v) is 13.9. The van der Waals surface area contributed by atoms with Crippen molar-refractivity contribution < 1.29 is 76.4 Å². The first-order valence-corrected chi connectivity index (χ1v) is 21.2. The van der Waals surface area contributed by atoms with Crippen molar-refractivity contribution in [1.82, 2.24) is 10.2 Å². The number of carbonyl (C=O) groups is 4. The second-order valence-electron chi connectivity index (χ2n) is 13.9. The fourth-order valence-electron chi connectivity index (χ4n) is 6.19. The van der Waals surface area contributed by atoms with E-state index in [1.54, 1.807) is 18.2 Å². The van der Waals surface area contributed by atoms with E-state index < -0.39 is 39.5 Å². The van der Waals surface area contributed by atoms with Crippen molar-refractivity contribution in [2.24, 2.45) is 0 Å². The van der Waals surface area contributed by atoms with Gasteiger partial charge in [0.05, 0.1) is 159 Å². The molecule has 1 saturated heterocycles. The van der Waals surface area contributed by atoms with E-state index in [2.05, 4.69) is 16.0 Å². The molecule has 1 fully saturated rings. The van der Waals surface area contributed by atoms with E-state index in [0.29, 0.717) is 138 Å². The van der Waals surface area contributed by atoms with Crippen LogP contribution in [0.25, 0.3) is 0 Å². The lowest BCUT2D eigenvalue weighted by atomic mass is 10.0. The fraction of sp³-hybridized carbons (Fsp3) is 0.610. The third-order valence-corrected chi connectivity index (χ3v) is 9.33. The maximum Gasteiger partial charge on any atom is 0.299 e. The molecule has 1 atom stereocenters. The Kier molecular flexibility index (Phi) is 24.8. The van der Waals surface area contributed by atoms with E-state index in [-0.39, 0.29) is 54.2 Å². The molecule has 24 heteroatoms. The molecule has 1 unspecified atom stereocenters. The Bertz CT molecular complexity index is 1820. The van der Waals surface area contributed by atoms with Crippen LogP contribution in [0.15, 0.2) is 36.4 Å². The van der Waals surface area contributed by atoms with Gasteiger partial charge < -0.3 is 58.0 Å². The number of imide groups is 2. The van der Waals surface area contributed by atoms with Crippen molar-refractivity contribution in [1.29, 1.82) is 0 Å². The number of nitrogens with zero attached hydrogens (tertiary/aromatic N) is 3. The lowest BCUT2D eigenvalue weighted by Gasteiger charge is -2.27. The fourth-order valence-corrected chi connectivity index (χ4v) is 6.19. The Hall–Kier alpha value is -5.28. The van der Waals surface area contributed by atoms with Gasteiger partial charge >= 0.3 is 0 Å². The van der Waals surface area contributed by atoms with E-state index in [9.17, 15) is 39.4 Å². The zero-order valence-corrected chi connectivity index (χ0v) is 36.2. The highest BCUT2D eigenvalue weighted by molar-refractivity contribution is 6.25. The lowest BCUT2D eigenvalue weighted by Crippen LogP contribution is -2.54. The molecule has 2 heterocycles. The Morgan fingerprint density at radius 1 is 0.554 bits per heavy atom. The Morgan fingerprint density at radius 3 is 1.40 bits per heavy atom. The van der Waals surface area contributed by atoms with Crippen LogP contribution in [0.3, 0.4) is 0 Å². The number of amides is 4. The molecule has 0 bridgehead atoms. The summed E-state index contributed by atoms with van der Waals surface area (Å²) >= 11 is 0. The lowest BCUT2D eigenvalue weighted by molar-refractivity contribution is -0.393. The van der Waals surface area contributed by atoms with Crippen molar-refractivity contribution in [3.05, 3.63) is 67.8 Å². The highest BCUT2D eigenvalue weighted by atomic mass is 16.6. The van der Waals surface area contributed by atoms with E-state index in [1.165, 1.54) is 12.1 Å². The summed E-state index contributed by atoms with van der Waals surface area (Å²) < 4.78 is 54.8. The predicted molar refractivity (Wildman–Crippen MR) is 228 cm³/mol. The van der Waals surface area contributed by atoms with Crippen LogP contribution in [0.5, 0.6) is 0 Å². The molecule has 360 valence electrons. The predicted octanol–water partition coefficient (Wildman–Crippen LogP) is 1.59. The molecule has 2 aliphatic rings. The number of ether oxygens (including phenoxy) is 10. The molecule has 0 saturated carbocycles. The topological polar surface area (TPSA) is 286 Å². The third kappa shape index (κ3) is 19.0. The largest absolute Gasteiger partial charge is 0.382 e. The normalized spacial score (nSPS) is 14.8. The van der Waals surface area contributed by atoms with E-state index in [0.717, 1.165) is 11.0 Å². The molecular weight excluding hydrogens is 864 g/mol. The average molecular weight is 923 g/mol. The number of piperidine rings is 1. The number of anilines is 2. The minimum atomic E-state index is -1.02. The molecule has 2 aliphatic heterocycles.